The standard InChI is InChI=1S/C24H26N4O2S.ClH.H2O/c29-22-17-18-7-1-2-8-19(18)24(30)28(22)12-6-5-11-26-13-15-27(16-14-26)23-20-9-3-4-10-21(20)31-25-23;;/h1-4,7-10H,5-6,11-17H2;1H;1H2. The second-order valence-electron chi connectivity index (χ2n) is 8.22. The molecule has 0 bridgehead atoms. The van der Waals surface area contributed by atoms with Crippen LogP contribution in [0.3, 0.4) is 0 Å². The Morgan fingerprint density at radius 3 is 2.39 bits per heavy atom. The molecule has 7 nitrogen and oxygen atoms in total. The van der Waals surface area contributed by atoms with Crippen LogP contribution in [0.5, 0.6) is 0 Å². The number of imide groups is 1. The van der Waals surface area contributed by atoms with E-state index in [9.17, 15) is 9.59 Å². The van der Waals surface area contributed by atoms with Gasteiger partial charge in [-0.25, -0.2) is 0 Å². The maximum absolute atomic E-state index is 12.6. The molecule has 3 aromatic rings. The minimum Gasteiger partial charge on any atom is -0.412 e. The van der Waals surface area contributed by atoms with Gasteiger partial charge in [-0.1, -0.05) is 30.3 Å². The summed E-state index contributed by atoms with van der Waals surface area (Å²) in [5, 5.41) is 1.25. The van der Waals surface area contributed by atoms with Crippen LogP contribution in [0, 0.1) is 0 Å². The molecule has 5 rings (SSSR count). The molecule has 0 radical (unpaired) electrons. The van der Waals surface area contributed by atoms with Crippen molar-refractivity contribution in [3.05, 3.63) is 59.7 Å². The summed E-state index contributed by atoms with van der Waals surface area (Å²) in [7, 11) is 0. The molecule has 1 aromatic heterocycles. The number of piperazine rings is 1. The molecule has 1 fully saturated rings. The third-order valence-electron chi connectivity index (χ3n) is 6.27. The van der Waals surface area contributed by atoms with E-state index in [1.165, 1.54) is 15.0 Å². The minimum atomic E-state index is -0.143. The molecular formula is C24H29ClN4O3S. The predicted molar refractivity (Wildman–Crippen MR) is 135 cm³/mol. The normalized spacial score (nSPS) is 16.4. The van der Waals surface area contributed by atoms with Gasteiger partial charge in [0.1, 0.15) is 5.82 Å². The molecular weight excluding hydrogens is 460 g/mol. The lowest BCUT2D eigenvalue weighted by Crippen LogP contribution is -2.47. The third-order valence-corrected chi connectivity index (χ3v) is 7.09. The molecule has 0 saturated carbocycles. The molecule has 0 unspecified atom stereocenters. The van der Waals surface area contributed by atoms with E-state index in [2.05, 4.69) is 38.4 Å². The van der Waals surface area contributed by atoms with Gasteiger partial charge in [-0.05, 0) is 54.7 Å². The molecule has 1 saturated heterocycles. The highest BCUT2D eigenvalue weighted by molar-refractivity contribution is 7.13. The van der Waals surface area contributed by atoms with E-state index in [-0.39, 0.29) is 29.7 Å². The van der Waals surface area contributed by atoms with E-state index in [0.717, 1.165) is 56.9 Å². The SMILES string of the molecule is Cl.O.O=C1Cc2ccccc2C(=O)N1CCCCN1CCN(c2nsc3ccccc23)CC1. The molecule has 2 aromatic carbocycles. The first kappa shape index (κ1) is 25.1. The Hall–Kier alpha value is -2.52. The summed E-state index contributed by atoms with van der Waals surface area (Å²) in [6, 6.07) is 15.9. The van der Waals surface area contributed by atoms with E-state index in [1.807, 2.05) is 24.3 Å². The van der Waals surface area contributed by atoms with Crippen molar-refractivity contribution in [2.24, 2.45) is 0 Å². The number of hydrogen-bond acceptors (Lipinski definition) is 6. The van der Waals surface area contributed by atoms with E-state index in [4.69, 9.17) is 0 Å². The van der Waals surface area contributed by atoms with Crippen LogP contribution in [0.1, 0.15) is 28.8 Å². The first-order valence-corrected chi connectivity index (χ1v) is 11.7. The number of rotatable bonds is 6. The molecule has 2 N–H and O–H groups in total. The lowest BCUT2D eigenvalue weighted by atomic mass is 9.98. The van der Waals surface area contributed by atoms with Crippen LogP contribution in [-0.4, -0.2) is 70.7 Å². The molecule has 33 heavy (non-hydrogen) atoms. The summed E-state index contributed by atoms with van der Waals surface area (Å²) in [6.45, 7) is 5.50. The monoisotopic (exact) mass is 488 g/mol. The number of aromatic nitrogens is 1. The quantitative estimate of drug-likeness (QED) is 0.393. The Bertz CT molecular complexity index is 1110. The Kier molecular flexibility index (Phi) is 8.42. The molecule has 0 aliphatic carbocycles. The largest absolute Gasteiger partial charge is 0.412 e. The molecule has 2 aliphatic rings. The maximum atomic E-state index is 12.6. The number of amides is 2. The molecule has 2 aliphatic heterocycles. The second-order valence-corrected chi connectivity index (χ2v) is 9.03. The van der Waals surface area contributed by atoms with Crippen LogP contribution in [0.15, 0.2) is 48.5 Å². The van der Waals surface area contributed by atoms with Crippen molar-refractivity contribution < 1.29 is 15.1 Å². The van der Waals surface area contributed by atoms with Crippen molar-refractivity contribution in [2.75, 3.05) is 44.2 Å². The Balaban J connectivity index is 0.00000153. The molecule has 3 heterocycles. The zero-order chi connectivity index (χ0) is 21.2. The highest BCUT2D eigenvalue weighted by Gasteiger charge is 2.30. The topological polar surface area (TPSA) is 88.2 Å². The van der Waals surface area contributed by atoms with E-state index in [0.29, 0.717) is 18.5 Å². The Labute approximate surface area is 203 Å². The maximum Gasteiger partial charge on any atom is 0.260 e. The predicted octanol–water partition coefficient (Wildman–Crippen LogP) is 3.02. The Morgan fingerprint density at radius 2 is 1.58 bits per heavy atom. The van der Waals surface area contributed by atoms with Crippen molar-refractivity contribution in [1.82, 2.24) is 14.2 Å². The first-order valence-electron chi connectivity index (χ1n) is 10.9. The van der Waals surface area contributed by atoms with Crippen molar-refractivity contribution in [3.8, 4) is 0 Å². The van der Waals surface area contributed by atoms with Gasteiger partial charge in [-0.2, -0.15) is 4.37 Å². The molecule has 0 atom stereocenters. The van der Waals surface area contributed by atoms with Gasteiger partial charge in [0.25, 0.3) is 5.91 Å². The summed E-state index contributed by atoms with van der Waals surface area (Å²) in [5.74, 6) is 0.895. The molecule has 2 amide bonds. The van der Waals surface area contributed by atoms with Crippen LogP contribution in [0.25, 0.3) is 10.1 Å². The molecule has 0 spiro atoms. The van der Waals surface area contributed by atoms with E-state index < -0.39 is 0 Å². The van der Waals surface area contributed by atoms with Crippen molar-refractivity contribution in [3.63, 3.8) is 0 Å². The summed E-state index contributed by atoms with van der Waals surface area (Å²) >= 11 is 1.57. The fourth-order valence-corrected chi connectivity index (χ4v) is 5.31. The van der Waals surface area contributed by atoms with Gasteiger partial charge in [-0.3, -0.25) is 19.4 Å². The van der Waals surface area contributed by atoms with Crippen molar-refractivity contribution in [2.45, 2.75) is 19.3 Å². The van der Waals surface area contributed by atoms with Gasteiger partial charge < -0.3 is 10.4 Å². The number of benzene rings is 2. The lowest BCUT2D eigenvalue weighted by molar-refractivity contribution is -0.128. The summed E-state index contributed by atoms with van der Waals surface area (Å²) in [4.78, 5) is 31.3. The summed E-state index contributed by atoms with van der Waals surface area (Å²) in [6.07, 6.45) is 2.16. The number of halogens is 1. The summed E-state index contributed by atoms with van der Waals surface area (Å²) in [5.41, 5.74) is 1.52. The number of nitrogens with zero attached hydrogens (tertiary/aromatic N) is 4. The van der Waals surface area contributed by atoms with Crippen LogP contribution in [-0.2, 0) is 11.2 Å². The fraction of sp³-hybridized carbons (Fsp3) is 0.375. The number of carbonyl (C=O) groups is 2. The lowest BCUT2D eigenvalue weighted by Gasteiger charge is -2.35. The number of anilines is 1. The zero-order valence-electron chi connectivity index (χ0n) is 18.4. The smallest absolute Gasteiger partial charge is 0.260 e. The number of hydrogen-bond donors (Lipinski definition) is 0. The minimum absolute atomic E-state index is 0. The average Bonchev–Trinajstić information content (AvgIpc) is 3.23. The van der Waals surface area contributed by atoms with Crippen molar-refractivity contribution >= 4 is 51.7 Å². The van der Waals surface area contributed by atoms with Crippen LogP contribution in [0.4, 0.5) is 5.82 Å². The van der Waals surface area contributed by atoms with Gasteiger partial charge in [0.15, 0.2) is 0 Å². The number of unbranched alkanes of at least 4 members (excludes halogenated alkanes) is 1. The van der Waals surface area contributed by atoms with Gasteiger partial charge in [0.2, 0.25) is 5.91 Å². The van der Waals surface area contributed by atoms with Crippen LogP contribution < -0.4 is 4.90 Å². The van der Waals surface area contributed by atoms with Crippen molar-refractivity contribution in [1.29, 1.82) is 0 Å². The third kappa shape index (κ3) is 5.19. The first-order chi connectivity index (χ1) is 15.2. The molecule has 9 heteroatoms. The molecule has 176 valence electrons. The number of fused-ring (bicyclic) bond motifs is 2. The highest BCUT2D eigenvalue weighted by Crippen LogP contribution is 2.29. The average molecular weight is 489 g/mol. The van der Waals surface area contributed by atoms with Gasteiger partial charge in [0, 0.05) is 43.7 Å². The second kappa shape index (κ2) is 11.1. The summed E-state index contributed by atoms with van der Waals surface area (Å²) < 4.78 is 5.92. The number of carbonyl (C=O) groups excluding carboxylic acids is 2. The van der Waals surface area contributed by atoms with Crippen LogP contribution >= 0.6 is 23.9 Å². The fourth-order valence-electron chi connectivity index (χ4n) is 4.52. The zero-order valence-corrected chi connectivity index (χ0v) is 20.0. The van der Waals surface area contributed by atoms with E-state index >= 15 is 0 Å². The highest BCUT2D eigenvalue weighted by atomic mass is 35.5. The van der Waals surface area contributed by atoms with Gasteiger partial charge in [0.05, 0.1) is 11.1 Å². The van der Waals surface area contributed by atoms with Crippen LogP contribution in [0.2, 0.25) is 0 Å². The van der Waals surface area contributed by atoms with Gasteiger partial charge >= 0.3 is 0 Å². The van der Waals surface area contributed by atoms with Gasteiger partial charge in [-0.15, -0.1) is 12.4 Å². The Morgan fingerprint density at radius 1 is 0.879 bits per heavy atom. The van der Waals surface area contributed by atoms with E-state index in [1.54, 1.807) is 11.5 Å².